The van der Waals surface area contributed by atoms with Crippen molar-refractivity contribution in [3.05, 3.63) is 58.1 Å². The minimum Gasteiger partial charge on any atom is -0.496 e. The van der Waals surface area contributed by atoms with Crippen LogP contribution in [0, 0.1) is 10.1 Å². The number of rotatable bonds is 8. The van der Waals surface area contributed by atoms with Crippen LogP contribution in [0.15, 0.2) is 42.5 Å². The summed E-state index contributed by atoms with van der Waals surface area (Å²) in [6.07, 6.45) is 1.04. The monoisotopic (exact) mass is 358 g/mol. The largest absolute Gasteiger partial charge is 0.496 e. The Kier molecular flexibility index (Phi) is 6.54. The second kappa shape index (κ2) is 8.84. The fourth-order valence-corrected chi connectivity index (χ4v) is 2.36. The molecule has 1 amide bonds. The lowest BCUT2D eigenvalue weighted by atomic mass is 9.99. The van der Waals surface area contributed by atoms with Gasteiger partial charge in [0, 0.05) is 5.69 Å². The normalized spacial score (nSPS) is 11.5. The van der Waals surface area contributed by atoms with Gasteiger partial charge in [-0.1, -0.05) is 26.0 Å². The lowest BCUT2D eigenvalue weighted by molar-refractivity contribution is -0.385. The average molecular weight is 358 g/mol. The van der Waals surface area contributed by atoms with E-state index in [9.17, 15) is 14.9 Å². The van der Waals surface area contributed by atoms with Crippen molar-refractivity contribution in [2.24, 2.45) is 0 Å². The first kappa shape index (κ1) is 19.2. The van der Waals surface area contributed by atoms with Gasteiger partial charge in [0.25, 0.3) is 5.91 Å². The van der Waals surface area contributed by atoms with Gasteiger partial charge in [0.15, 0.2) is 12.4 Å². The standard InChI is InChI=1S/C19H22N2O5/c1-4-13(2)14-5-7-15(8-6-14)20-19(22)12-26-18-10-9-16(25-3)11-17(18)21(23)24/h5-11,13H,4,12H2,1-3H3,(H,20,22)/t13-/m1/s1. The lowest BCUT2D eigenvalue weighted by Crippen LogP contribution is -2.20. The van der Waals surface area contributed by atoms with Gasteiger partial charge in [-0.25, -0.2) is 0 Å². The first-order valence-corrected chi connectivity index (χ1v) is 8.29. The Balaban J connectivity index is 1.97. The van der Waals surface area contributed by atoms with Crippen LogP contribution in [0.3, 0.4) is 0 Å². The van der Waals surface area contributed by atoms with Gasteiger partial charge in [-0.2, -0.15) is 0 Å². The topological polar surface area (TPSA) is 90.7 Å². The van der Waals surface area contributed by atoms with E-state index in [1.165, 1.54) is 30.9 Å². The zero-order valence-electron chi connectivity index (χ0n) is 15.0. The molecule has 1 atom stereocenters. The van der Waals surface area contributed by atoms with Crippen LogP contribution in [-0.2, 0) is 4.79 Å². The molecule has 7 heteroatoms. The number of nitro benzene ring substituents is 1. The van der Waals surface area contributed by atoms with Gasteiger partial charge in [0.1, 0.15) is 5.75 Å². The molecule has 0 aromatic heterocycles. The molecule has 26 heavy (non-hydrogen) atoms. The minimum absolute atomic E-state index is 0.0121. The van der Waals surface area contributed by atoms with E-state index in [1.54, 1.807) is 0 Å². The molecule has 0 saturated carbocycles. The quantitative estimate of drug-likeness (QED) is 0.566. The van der Waals surface area contributed by atoms with Crippen LogP contribution < -0.4 is 14.8 Å². The van der Waals surface area contributed by atoms with Crippen LogP contribution in [0.25, 0.3) is 0 Å². The molecule has 1 N–H and O–H groups in total. The molecule has 138 valence electrons. The molecule has 0 aliphatic carbocycles. The number of nitrogens with one attached hydrogen (secondary N) is 1. The predicted molar refractivity (Wildman–Crippen MR) is 98.9 cm³/mol. The summed E-state index contributed by atoms with van der Waals surface area (Å²) in [5.41, 5.74) is 1.60. The number of nitrogens with zero attached hydrogens (tertiary/aromatic N) is 1. The highest BCUT2D eigenvalue weighted by Gasteiger charge is 2.17. The summed E-state index contributed by atoms with van der Waals surface area (Å²) in [5.74, 6) is 0.415. The molecule has 0 saturated heterocycles. The molecule has 0 aliphatic heterocycles. The molecule has 0 spiro atoms. The van der Waals surface area contributed by atoms with Crippen molar-refractivity contribution in [2.45, 2.75) is 26.2 Å². The van der Waals surface area contributed by atoms with Crippen LogP contribution in [0.5, 0.6) is 11.5 Å². The highest BCUT2D eigenvalue weighted by Crippen LogP contribution is 2.31. The van der Waals surface area contributed by atoms with E-state index in [0.717, 1.165) is 6.42 Å². The third-order valence-electron chi connectivity index (χ3n) is 4.10. The number of nitro groups is 1. The van der Waals surface area contributed by atoms with Crippen LogP contribution in [0.4, 0.5) is 11.4 Å². The van der Waals surface area contributed by atoms with Crippen molar-refractivity contribution in [1.82, 2.24) is 0 Å². The van der Waals surface area contributed by atoms with Crippen molar-refractivity contribution in [3.63, 3.8) is 0 Å². The molecule has 2 rings (SSSR count). The summed E-state index contributed by atoms with van der Waals surface area (Å²) in [4.78, 5) is 22.6. The van der Waals surface area contributed by atoms with Gasteiger partial charge in [-0.05, 0) is 42.2 Å². The summed E-state index contributed by atoms with van der Waals surface area (Å²) in [6, 6.07) is 11.8. The third-order valence-corrected chi connectivity index (χ3v) is 4.10. The molecular formula is C19H22N2O5. The van der Waals surface area contributed by atoms with Crippen molar-refractivity contribution < 1.29 is 19.2 Å². The molecule has 0 unspecified atom stereocenters. The Morgan fingerprint density at radius 2 is 1.92 bits per heavy atom. The molecule has 0 heterocycles. The number of carbonyl (C=O) groups is 1. The summed E-state index contributed by atoms with van der Waals surface area (Å²) in [5, 5.41) is 13.8. The van der Waals surface area contributed by atoms with Crippen molar-refractivity contribution >= 4 is 17.3 Å². The molecule has 0 aliphatic rings. The van der Waals surface area contributed by atoms with Crippen molar-refractivity contribution in [2.75, 3.05) is 19.0 Å². The van der Waals surface area contributed by atoms with Gasteiger partial charge in [0.05, 0.1) is 18.1 Å². The Morgan fingerprint density at radius 3 is 2.50 bits per heavy atom. The predicted octanol–water partition coefficient (Wildman–Crippen LogP) is 4.13. The number of amides is 1. The zero-order valence-corrected chi connectivity index (χ0v) is 15.0. The maximum atomic E-state index is 12.0. The highest BCUT2D eigenvalue weighted by molar-refractivity contribution is 5.91. The molecule has 0 bridgehead atoms. The zero-order chi connectivity index (χ0) is 19.1. The molecule has 2 aromatic rings. The van der Waals surface area contributed by atoms with Crippen LogP contribution >= 0.6 is 0 Å². The molecule has 2 aromatic carbocycles. The summed E-state index contributed by atoms with van der Waals surface area (Å²) in [6.45, 7) is 3.93. The van der Waals surface area contributed by atoms with Gasteiger partial charge in [0.2, 0.25) is 0 Å². The van der Waals surface area contributed by atoms with Crippen LogP contribution in [-0.4, -0.2) is 24.5 Å². The Hall–Kier alpha value is -3.09. The van der Waals surface area contributed by atoms with E-state index in [4.69, 9.17) is 9.47 Å². The number of benzene rings is 2. The van der Waals surface area contributed by atoms with Crippen molar-refractivity contribution in [3.8, 4) is 11.5 Å². The van der Waals surface area contributed by atoms with E-state index in [0.29, 0.717) is 17.4 Å². The van der Waals surface area contributed by atoms with Gasteiger partial charge in [-0.15, -0.1) is 0 Å². The van der Waals surface area contributed by atoms with Crippen LogP contribution in [0.1, 0.15) is 31.7 Å². The number of hydrogen-bond donors (Lipinski definition) is 1. The number of hydrogen-bond acceptors (Lipinski definition) is 5. The Morgan fingerprint density at radius 1 is 1.23 bits per heavy atom. The number of ether oxygens (including phenoxy) is 2. The first-order chi connectivity index (χ1) is 12.4. The maximum absolute atomic E-state index is 12.0. The van der Waals surface area contributed by atoms with E-state index in [2.05, 4.69) is 19.2 Å². The lowest BCUT2D eigenvalue weighted by Gasteiger charge is -2.11. The first-order valence-electron chi connectivity index (χ1n) is 8.29. The van der Waals surface area contributed by atoms with E-state index < -0.39 is 10.8 Å². The van der Waals surface area contributed by atoms with E-state index >= 15 is 0 Å². The highest BCUT2D eigenvalue weighted by atomic mass is 16.6. The van der Waals surface area contributed by atoms with Crippen molar-refractivity contribution in [1.29, 1.82) is 0 Å². The smallest absolute Gasteiger partial charge is 0.314 e. The maximum Gasteiger partial charge on any atom is 0.314 e. The minimum atomic E-state index is -0.580. The van der Waals surface area contributed by atoms with E-state index in [-0.39, 0.29) is 18.0 Å². The third kappa shape index (κ3) is 4.95. The van der Waals surface area contributed by atoms with Gasteiger partial charge >= 0.3 is 5.69 Å². The number of methoxy groups -OCH3 is 1. The number of anilines is 1. The summed E-state index contributed by atoms with van der Waals surface area (Å²) < 4.78 is 10.3. The van der Waals surface area contributed by atoms with E-state index in [1.807, 2.05) is 24.3 Å². The summed E-state index contributed by atoms with van der Waals surface area (Å²) >= 11 is 0. The molecular weight excluding hydrogens is 336 g/mol. The fraction of sp³-hybridized carbons (Fsp3) is 0.316. The number of carbonyl (C=O) groups excluding carboxylic acids is 1. The van der Waals surface area contributed by atoms with Gasteiger partial charge < -0.3 is 14.8 Å². The van der Waals surface area contributed by atoms with Gasteiger partial charge in [-0.3, -0.25) is 14.9 Å². The Labute approximate surface area is 152 Å². The second-order valence-corrected chi connectivity index (χ2v) is 5.86. The molecule has 7 nitrogen and oxygen atoms in total. The molecule has 0 radical (unpaired) electrons. The fourth-order valence-electron chi connectivity index (χ4n) is 2.36. The molecule has 0 fully saturated rings. The van der Waals surface area contributed by atoms with Crippen LogP contribution in [0.2, 0.25) is 0 Å². The summed E-state index contributed by atoms with van der Waals surface area (Å²) in [7, 11) is 1.42. The SMILES string of the molecule is CC[C@@H](C)c1ccc(NC(=O)COc2ccc(OC)cc2[N+](=O)[O-])cc1. The average Bonchev–Trinajstić information content (AvgIpc) is 2.66. The second-order valence-electron chi connectivity index (χ2n) is 5.86. The Bertz CT molecular complexity index is 774.